The minimum atomic E-state index is -0.977. The van der Waals surface area contributed by atoms with E-state index in [1.807, 2.05) is 36.5 Å². The molecule has 8 heteroatoms. The van der Waals surface area contributed by atoms with E-state index in [1.165, 1.54) is 24.1 Å². The molecule has 0 unspecified atom stereocenters. The Hall–Kier alpha value is -3.55. The summed E-state index contributed by atoms with van der Waals surface area (Å²) in [7, 11) is 4.12. The Morgan fingerprint density at radius 1 is 1.14 bits per heavy atom. The van der Waals surface area contributed by atoms with Crippen LogP contribution < -0.4 is 26.0 Å². The molecule has 8 nitrogen and oxygen atoms in total. The van der Waals surface area contributed by atoms with Crippen LogP contribution in [-0.4, -0.2) is 41.7 Å². The van der Waals surface area contributed by atoms with Crippen LogP contribution >= 0.6 is 0 Å². The lowest BCUT2D eigenvalue weighted by Gasteiger charge is -2.41. The van der Waals surface area contributed by atoms with E-state index in [0.717, 1.165) is 50.3 Å². The predicted molar refractivity (Wildman–Crippen MR) is 146 cm³/mol. The second-order valence-electron chi connectivity index (χ2n) is 10.7. The van der Waals surface area contributed by atoms with Crippen molar-refractivity contribution in [1.29, 1.82) is 0 Å². The third-order valence-corrected chi connectivity index (χ3v) is 7.75. The summed E-state index contributed by atoms with van der Waals surface area (Å²) in [6.07, 6.45) is 14.6. The molecule has 2 heterocycles. The molecular weight excluding hydrogens is 464 g/mol. The molecule has 4 N–H and O–H groups in total. The third-order valence-electron chi connectivity index (χ3n) is 7.75. The molecule has 0 radical (unpaired) electrons. The van der Waals surface area contributed by atoms with Crippen LogP contribution in [0.4, 0.5) is 11.8 Å². The van der Waals surface area contributed by atoms with Gasteiger partial charge >= 0.3 is 0 Å². The summed E-state index contributed by atoms with van der Waals surface area (Å²) >= 11 is 0. The number of amides is 1. The van der Waals surface area contributed by atoms with Crippen molar-refractivity contribution in [3.8, 4) is 5.75 Å². The monoisotopic (exact) mass is 502 g/mol. The molecule has 1 aliphatic heterocycles. The number of dihydropyridines is 1. The van der Waals surface area contributed by atoms with Crippen LogP contribution in [0, 0.1) is 5.92 Å². The highest BCUT2D eigenvalue weighted by molar-refractivity contribution is 5.94. The highest BCUT2D eigenvalue weighted by Crippen LogP contribution is 2.37. The number of hydrogen-bond donors (Lipinski definition) is 3. The van der Waals surface area contributed by atoms with Crippen molar-refractivity contribution >= 4 is 17.7 Å². The fourth-order valence-corrected chi connectivity index (χ4v) is 5.91. The molecular formula is C29H38N6O2. The Labute approximate surface area is 219 Å². The van der Waals surface area contributed by atoms with Gasteiger partial charge in [0, 0.05) is 38.3 Å². The minimum Gasteiger partial charge on any atom is -0.464 e. The molecule has 0 saturated heterocycles. The second-order valence-corrected chi connectivity index (χ2v) is 10.7. The molecule has 1 fully saturated rings. The number of benzene rings is 1. The van der Waals surface area contributed by atoms with Crippen molar-refractivity contribution < 1.29 is 9.53 Å². The van der Waals surface area contributed by atoms with Gasteiger partial charge in [0.2, 0.25) is 11.7 Å². The van der Waals surface area contributed by atoms with Crippen molar-refractivity contribution in [3.63, 3.8) is 0 Å². The van der Waals surface area contributed by atoms with Crippen LogP contribution in [0.5, 0.6) is 5.75 Å². The average molecular weight is 503 g/mol. The van der Waals surface area contributed by atoms with Gasteiger partial charge in [0.25, 0.3) is 5.91 Å². The smallest absolute Gasteiger partial charge is 0.250 e. The lowest BCUT2D eigenvalue weighted by Crippen LogP contribution is -2.55. The van der Waals surface area contributed by atoms with Gasteiger partial charge in [0.1, 0.15) is 11.6 Å². The molecule has 5 rings (SSSR count). The zero-order valence-corrected chi connectivity index (χ0v) is 21.9. The fraction of sp³-hybridized carbons (Fsp3) is 0.483. The maximum absolute atomic E-state index is 12.4. The second kappa shape index (κ2) is 10.8. The van der Waals surface area contributed by atoms with Crippen molar-refractivity contribution in [2.24, 2.45) is 11.7 Å². The Bertz CT molecular complexity index is 1170. The first-order valence-electron chi connectivity index (χ1n) is 13.5. The lowest BCUT2D eigenvalue weighted by molar-refractivity contribution is -0.117. The Kier molecular flexibility index (Phi) is 7.35. The lowest BCUT2D eigenvalue weighted by atomic mass is 9.79. The van der Waals surface area contributed by atoms with Gasteiger partial charge in [-0.2, -0.15) is 4.98 Å². The molecule has 2 aliphatic carbocycles. The number of primary amides is 1. The number of aryl methyl sites for hydroxylation is 1. The number of nitrogens with two attached hydrogens (primary N) is 1. The SMILES string of the molecule is CN(C)c1nc(NC2CCC(C[C@@]3(Oc4ccccc4)NC=CC=C3C(N)=O)CC2)nc2c1CCCC2. The van der Waals surface area contributed by atoms with Crippen molar-refractivity contribution in [2.45, 2.75) is 69.6 Å². The van der Waals surface area contributed by atoms with Gasteiger partial charge in [-0.3, -0.25) is 4.79 Å². The molecule has 1 atom stereocenters. The molecule has 3 aliphatic rings. The van der Waals surface area contributed by atoms with E-state index in [-0.39, 0.29) is 0 Å². The molecule has 37 heavy (non-hydrogen) atoms. The number of carbonyl (C=O) groups is 1. The van der Waals surface area contributed by atoms with E-state index in [2.05, 4.69) is 29.6 Å². The predicted octanol–water partition coefficient (Wildman–Crippen LogP) is 4.09. The van der Waals surface area contributed by atoms with Crippen LogP contribution in [0.2, 0.25) is 0 Å². The number of carbonyl (C=O) groups excluding carboxylic acids is 1. The third kappa shape index (κ3) is 5.58. The molecule has 0 spiro atoms. The summed E-state index contributed by atoms with van der Waals surface area (Å²) < 4.78 is 6.46. The fourth-order valence-electron chi connectivity index (χ4n) is 5.91. The normalized spacial score (nSPS) is 24.9. The number of nitrogens with zero attached hydrogens (tertiary/aromatic N) is 3. The number of allylic oxidation sites excluding steroid dienone is 2. The zero-order chi connectivity index (χ0) is 25.8. The largest absolute Gasteiger partial charge is 0.464 e. The van der Waals surface area contributed by atoms with E-state index in [0.29, 0.717) is 29.7 Å². The molecule has 1 aromatic carbocycles. The average Bonchev–Trinajstić information content (AvgIpc) is 2.90. The van der Waals surface area contributed by atoms with Gasteiger partial charge in [-0.1, -0.05) is 18.2 Å². The van der Waals surface area contributed by atoms with Crippen LogP contribution in [-0.2, 0) is 17.6 Å². The number of hydrogen-bond acceptors (Lipinski definition) is 7. The number of anilines is 2. The first kappa shape index (κ1) is 25.1. The molecule has 1 saturated carbocycles. The summed E-state index contributed by atoms with van der Waals surface area (Å²) in [4.78, 5) is 24.3. The molecule has 1 amide bonds. The summed E-state index contributed by atoms with van der Waals surface area (Å²) in [5, 5.41) is 6.98. The van der Waals surface area contributed by atoms with Gasteiger partial charge in [-0.05, 0) is 81.6 Å². The molecule has 1 aromatic heterocycles. The summed E-state index contributed by atoms with van der Waals surface area (Å²) in [5.41, 5.74) is 7.79. The number of para-hydroxylation sites is 1. The van der Waals surface area contributed by atoms with Crippen LogP contribution in [0.25, 0.3) is 0 Å². The number of aromatic nitrogens is 2. The van der Waals surface area contributed by atoms with E-state index >= 15 is 0 Å². The Morgan fingerprint density at radius 3 is 2.62 bits per heavy atom. The Morgan fingerprint density at radius 2 is 1.89 bits per heavy atom. The van der Waals surface area contributed by atoms with Crippen molar-refractivity contribution in [1.82, 2.24) is 15.3 Å². The van der Waals surface area contributed by atoms with E-state index in [4.69, 9.17) is 20.4 Å². The van der Waals surface area contributed by atoms with Crippen LogP contribution in [0.3, 0.4) is 0 Å². The van der Waals surface area contributed by atoms with Crippen molar-refractivity contribution in [3.05, 3.63) is 65.5 Å². The van der Waals surface area contributed by atoms with Crippen LogP contribution in [0.1, 0.15) is 56.2 Å². The van der Waals surface area contributed by atoms with E-state index < -0.39 is 11.6 Å². The molecule has 196 valence electrons. The van der Waals surface area contributed by atoms with Gasteiger partial charge in [0.05, 0.1) is 11.3 Å². The van der Waals surface area contributed by atoms with Gasteiger partial charge in [-0.15, -0.1) is 0 Å². The number of fused-ring (bicyclic) bond motifs is 1. The highest BCUT2D eigenvalue weighted by atomic mass is 16.5. The minimum absolute atomic E-state index is 0.323. The van der Waals surface area contributed by atoms with Gasteiger partial charge in [-0.25, -0.2) is 4.98 Å². The Balaban J connectivity index is 1.27. The topological polar surface area (TPSA) is 105 Å². The van der Waals surface area contributed by atoms with E-state index in [1.54, 1.807) is 12.2 Å². The van der Waals surface area contributed by atoms with Crippen molar-refractivity contribution in [2.75, 3.05) is 24.3 Å². The maximum Gasteiger partial charge on any atom is 0.250 e. The molecule has 2 aromatic rings. The quantitative estimate of drug-likeness (QED) is 0.499. The van der Waals surface area contributed by atoms with Gasteiger partial charge < -0.3 is 26.0 Å². The first-order valence-corrected chi connectivity index (χ1v) is 13.5. The summed E-state index contributed by atoms with van der Waals surface area (Å²) in [6, 6.07) is 9.93. The molecule has 0 bridgehead atoms. The summed E-state index contributed by atoms with van der Waals surface area (Å²) in [5.74, 6) is 2.40. The summed E-state index contributed by atoms with van der Waals surface area (Å²) in [6.45, 7) is 0. The zero-order valence-electron chi connectivity index (χ0n) is 21.9. The number of nitrogens with one attached hydrogen (secondary N) is 2. The number of ether oxygens (including phenoxy) is 1. The van der Waals surface area contributed by atoms with Gasteiger partial charge in [0.15, 0.2) is 0 Å². The standard InChI is InChI=1S/C29H38N6O2/c1-35(2)27-23-11-6-7-13-25(23)33-28(34-27)32-21-16-14-20(15-17-21)19-29(37-22-9-4-3-5-10-22)24(26(30)36)12-8-18-31-29/h3-5,8-10,12,18,20-21,31H,6-7,11,13-17,19H2,1-2H3,(H2,30,36)(H,32,33,34)/t20?,21?,29-/m0/s1. The van der Waals surface area contributed by atoms with E-state index in [9.17, 15) is 4.79 Å². The number of rotatable bonds is 8. The maximum atomic E-state index is 12.4. The highest BCUT2D eigenvalue weighted by Gasteiger charge is 2.43. The first-order chi connectivity index (χ1) is 17.9. The van der Waals surface area contributed by atoms with Crippen LogP contribution in [0.15, 0.2) is 54.3 Å².